The number of thiazole rings is 1. The number of halogens is 3. The zero-order chi connectivity index (χ0) is 16.3. The predicted molar refractivity (Wildman–Crippen MR) is 79.0 cm³/mol. The number of nitrogens with zero attached hydrogens (tertiary/aromatic N) is 2. The summed E-state index contributed by atoms with van der Waals surface area (Å²) in [5.41, 5.74) is 0.135. The first-order valence-corrected chi connectivity index (χ1v) is 8.18. The summed E-state index contributed by atoms with van der Waals surface area (Å²) in [4.78, 5) is 17.9. The fraction of sp³-hybridized carbons (Fsp3) is 0.714. The van der Waals surface area contributed by atoms with Gasteiger partial charge in [0.05, 0.1) is 5.69 Å². The minimum Gasteiger partial charge on any atom is -0.351 e. The second-order valence-electron chi connectivity index (χ2n) is 5.52. The molecule has 2 heterocycles. The molecule has 0 atom stereocenters. The van der Waals surface area contributed by atoms with Crippen LogP contribution in [-0.4, -0.2) is 42.0 Å². The fourth-order valence-corrected chi connectivity index (χ4v) is 3.40. The van der Waals surface area contributed by atoms with E-state index in [0.29, 0.717) is 23.8 Å². The Morgan fingerprint density at radius 1 is 1.41 bits per heavy atom. The first-order chi connectivity index (χ1) is 10.3. The number of carbonyl (C=O) groups is 1. The van der Waals surface area contributed by atoms with Crippen LogP contribution in [0.15, 0.2) is 0 Å². The van der Waals surface area contributed by atoms with Crippen molar-refractivity contribution in [1.82, 2.24) is 15.2 Å². The number of hydrogen-bond donors (Lipinski definition) is 1. The molecule has 0 saturated carbocycles. The molecule has 0 aromatic carbocycles. The topological polar surface area (TPSA) is 45.2 Å². The van der Waals surface area contributed by atoms with Crippen molar-refractivity contribution < 1.29 is 18.0 Å². The Bertz CT molecular complexity index is 522. The van der Waals surface area contributed by atoms with Gasteiger partial charge in [0.2, 0.25) is 0 Å². The minimum atomic E-state index is -4.50. The lowest BCUT2D eigenvalue weighted by molar-refractivity contribution is -0.137. The van der Waals surface area contributed by atoms with E-state index < -0.39 is 17.1 Å². The smallest absolute Gasteiger partial charge is 0.351 e. The van der Waals surface area contributed by atoms with E-state index in [2.05, 4.69) is 22.1 Å². The fourth-order valence-electron chi connectivity index (χ4n) is 2.55. The number of aryl methyl sites for hydroxylation is 1. The molecule has 1 aromatic rings. The van der Waals surface area contributed by atoms with E-state index in [1.807, 2.05) is 0 Å². The lowest BCUT2D eigenvalue weighted by Crippen LogP contribution is -2.38. The third kappa shape index (κ3) is 4.19. The summed E-state index contributed by atoms with van der Waals surface area (Å²) in [6, 6.07) is 0. The monoisotopic (exact) mass is 335 g/mol. The van der Waals surface area contributed by atoms with Gasteiger partial charge in [-0.2, -0.15) is 13.2 Å². The highest BCUT2D eigenvalue weighted by Crippen LogP contribution is 2.34. The molecule has 0 radical (unpaired) electrons. The van der Waals surface area contributed by atoms with Crippen LogP contribution >= 0.6 is 11.3 Å². The number of nitrogens with one attached hydrogen (secondary N) is 1. The van der Waals surface area contributed by atoms with Gasteiger partial charge in [0.25, 0.3) is 5.91 Å². The second-order valence-corrected chi connectivity index (χ2v) is 6.52. The number of alkyl halides is 3. The molecule has 0 aliphatic carbocycles. The maximum absolute atomic E-state index is 12.6. The van der Waals surface area contributed by atoms with Gasteiger partial charge >= 0.3 is 6.18 Å². The molecule has 1 amide bonds. The zero-order valence-corrected chi connectivity index (χ0v) is 13.5. The number of amides is 1. The highest BCUT2D eigenvalue weighted by Gasteiger charge is 2.36. The summed E-state index contributed by atoms with van der Waals surface area (Å²) < 4.78 is 37.8. The summed E-state index contributed by atoms with van der Waals surface area (Å²) in [7, 11) is 0. The van der Waals surface area contributed by atoms with Crippen molar-refractivity contribution >= 4 is 17.2 Å². The lowest BCUT2D eigenvalue weighted by Gasteiger charge is -2.30. The van der Waals surface area contributed by atoms with Crippen molar-refractivity contribution in [2.75, 3.05) is 26.2 Å². The number of carbonyl (C=O) groups excluding carboxylic acids is 1. The Balaban J connectivity index is 1.89. The zero-order valence-electron chi connectivity index (χ0n) is 12.7. The summed E-state index contributed by atoms with van der Waals surface area (Å²) >= 11 is 0.409. The molecule has 0 bridgehead atoms. The van der Waals surface area contributed by atoms with Crippen molar-refractivity contribution in [2.24, 2.45) is 5.92 Å². The van der Waals surface area contributed by atoms with Crippen LogP contribution in [0.2, 0.25) is 0 Å². The van der Waals surface area contributed by atoms with Gasteiger partial charge in [-0.05, 0) is 45.3 Å². The summed E-state index contributed by atoms with van der Waals surface area (Å²) in [6.07, 6.45) is -2.49. The molecular formula is C14H20F3N3OS. The molecule has 4 nitrogen and oxygen atoms in total. The van der Waals surface area contributed by atoms with E-state index in [1.54, 1.807) is 0 Å². The third-order valence-corrected chi connectivity index (χ3v) is 5.15. The van der Waals surface area contributed by atoms with Crippen molar-refractivity contribution in [1.29, 1.82) is 0 Å². The largest absolute Gasteiger partial charge is 0.443 e. The third-order valence-electron chi connectivity index (χ3n) is 3.95. The molecule has 8 heteroatoms. The van der Waals surface area contributed by atoms with E-state index in [1.165, 1.54) is 6.92 Å². The van der Waals surface area contributed by atoms with E-state index in [4.69, 9.17) is 0 Å². The molecular weight excluding hydrogens is 315 g/mol. The number of hydrogen-bond acceptors (Lipinski definition) is 4. The molecule has 0 unspecified atom stereocenters. The molecule has 1 N–H and O–H groups in total. The van der Waals surface area contributed by atoms with Crippen LogP contribution in [0.25, 0.3) is 0 Å². The molecule has 22 heavy (non-hydrogen) atoms. The average Bonchev–Trinajstić information content (AvgIpc) is 2.87. The highest BCUT2D eigenvalue weighted by atomic mass is 32.1. The van der Waals surface area contributed by atoms with Crippen LogP contribution in [0.5, 0.6) is 0 Å². The summed E-state index contributed by atoms with van der Waals surface area (Å²) in [6.45, 7) is 7.10. The Kier molecular flexibility index (Phi) is 5.44. The molecule has 1 aliphatic rings. The van der Waals surface area contributed by atoms with Gasteiger partial charge in [0.1, 0.15) is 4.88 Å². The van der Waals surface area contributed by atoms with Gasteiger partial charge in [-0.3, -0.25) is 4.79 Å². The highest BCUT2D eigenvalue weighted by molar-refractivity contribution is 7.13. The van der Waals surface area contributed by atoms with Crippen LogP contribution in [-0.2, 0) is 6.18 Å². The number of rotatable bonds is 4. The predicted octanol–water partition coefficient (Wildman–Crippen LogP) is 2.93. The number of aromatic nitrogens is 1. The molecule has 1 saturated heterocycles. The van der Waals surface area contributed by atoms with Crippen LogP contribution < -0.4 is 5.32 Å². The van der Waals surface area contributed by atoms with Gasteiger partial charge in [0, 0.05) is 6.54 Å². The summed E-state index contributed by atoms with van der Waals surface area (Å²) in [5, 5.41) is 1.79. The van der Waals surface area contributed by atoms with Crippen LogP contribution in [0.3, 0.4) is 0 Å². The van der Waals surface area contributed by atoms with E-state index >= 15 is 0 Å². The Hall–Kier alpha value is -1.15. The van der Waals surface area contributed by atoms with Crippen LogP contribution in [0.4, 0.5) is 13.2 Å². The molecule has 1 aliphatic heterocycles. The van der Waals surface area contributed by atoms with Gasteiger partial charge < -0.3 is 10.2 Å². The van der Waals surface area contributed by atoms with Gasteiger partial charge in [-0.15, -0.1) is 11.3 Å². The van der Waals surface area contributed by atoms with Crippen molar-refractivity contribution in [2.45, 2.75) is 32.9 Å². The maximum atomic E-state index is 12.6. The van der Waals surface area contributed by atoms with E-state index in [0.717, 1.165) is 32.5 Å². The molecule has 1 fully saturated rings. The SMILES string of the molecule is CCN1CCC(CNC(=O)c2sc(C(F)(F)F)nc2C)CC1. The Morgan fingerprint density at radius 3 is 2.55 bits per heavy atom. The van der Waals surface area contributed by atoms with Crippen LogP contribution in [0, 0.1) is 12.8 Å². The van der Waals surface area contributed by atoms with E-state index in [9.17, 15) is 18.0 Å². The number of likely N-dealkylation sites (tertiary alicyclic amines) is 1. The lowest BCUT2D eigenvalue weighted by atomic mass is 9.97. The van der Waals surface area contributed by atoms with Crippen molar-refractivity contribution in [3.05, 3.63) is 15.6 Å². The number of piperidine rings is 1. The van der Waals surface area contributed by atoms with Gasteiger partial charge in [0.15, 0.2) is 5.01 Å². The Morgan fingerprint density at radius 2 is 2.05 bits per heavy atom. The second kappa shape index (κ2) is 6.95. The first-order valence-electron chi connectivity index (χ1n) is 7.36. The quantitative estimate of drug-likeness (QED) is 0.920. The maximum Gasteiger partial charge on any atom is 0.443 e. The molecule has 2 rings (SSSR count). The average molecular weight is 335 g/mol. The van der Waals surface area contributed by atoms with Crippen LogP contribution in [0.1, 0.15) is 40.1 Å². The molecule has 1 aromatic heterocycles. The summed E-state index contributed by atoms with van der Waals surface area (Å²) in [5.74, 6) is -0.0644. The minimum absolute atomic E-state index is 0.0540. The van der Waals surface area contributed by atoms with Gasteiger partial charge in [-0.1, -0.05) is 6.92 Å². The van der Waals surface area contributed by atoms with E-state index in [-0.39, 0.29) is 10.6 Å². The Labute approximate surface area is 131 Å². The van der Waals surface area contributed by atoms with Gasteiger partial charge in [-0.25, -0.2) is 4.98 Å². The standard InChI is InChI=1S/C14H20F3N3OS/c1-3-20-6-4-10(5-7-20)8-18-12(21)11-9(2)19-13(22-11)14(15,16)17/h10H,3-8H2,1-2H3,(H,18,21). The molecule has 0 spiro atoms. The van der Waals surface area contributed by atoms with Crippen molar-refractivity contribution in [3.63, 3.8) is 0 Å². The molecule has 124 valence electrons. The first kappa shape index (κ1) is 17.2. The normalized spacial score (nSPS) is 17.7. The van der Waals surface area contributed by atoms with Crippen molar-refractivity contribution in [3.8, 4) is 0 Å².